The molecule has 1 fully saturated rings. The maximum Gasteiger partial charge on any atom is 0.249 e. The Hall–Kier alpha value is -3.95. The maximum absolute atomic E-state index is 11.9. The van der Waals surface area contributed by atoms with Gasteiger partial charge >= 0.3 is 0 Å². The Labute approximate surface area is 222 Å². The highest BCUT2D eigenvalue weighted by Gasteiger charge is 2.25. The van der Waals surface area contributed by atoms with Crippen molar-refractivity contribution in [3.63, 3.8) is 0 Å². The highest BCUT2D eigenvalue weighted by atomic mass is 16.3. The average molecular weight is 514 g/mol. The van der Waals surface area contributed by atoms with Crippen molar-refractivity contribution in [3.8, 4) is 11.1 Å². The molecule has 1 saturated heterocycles. The predicted octanol–water partition coefficient (Wildman–Crippen LogP) is 3.61. The number of fused-ring (bicyclic) bond motifs is 1. The molecule has 0 aliphatic carbocycles. The number of piperidine rings is 1. The Balaban J connectivity index is 1.38. The van der Waals surface area contributed by atoms with Crippen LogP contribution in [0.5, 0.6) is 0 Å². The van der Waals surface area contributed by atoms with E-state index in [2.05, 4.69) is 40.8 Å². The lowest BCUT2D eigenvalue weighted by Crippen LogP contribution is -2.43. The van der Waals surface area contributed by atoms with Crippen molar-refractivity contribution in [1.29, 1.82) is 0 Å². The summed E-state index contributed by atoms with van der Waals surface area (Å²) in [7, 11) is 0. The first-order valence-corrected chi connectivity index (χ1v) is 13.1. The number of β-amino-alcohol motifs (C(OH)–C–C–N with tert-alkyl or cyclic N) is 1. The molecular weight excluding hydrogens is 478 g/mol. The lowest BCUT2D eigenvalue weighted by molar-refractivity contribution is 0.0883. The number of aromatic nitrogens is 3. The van der Waals surface area contributed by atoms with Crippen molar-refractivity contribution >= 4 is 23.2 Å². The smallest absolute Gasteiger partial charge is 0.249 e. The number of benzene rings is 2. The molecule has 0 saturated carbocycles. The number of primary amides is 1. The van der Waals surface area contributed by atoms with Crippen LogP contribution in [-0.2, 0) is 6.54 Å². The molecule has 9 heteroatoms. The molecule has 0 unspecified atom stereocenters. The SMILES string of the molecule is CC(C)c1c(NC[C@H]2CCNC[C@@H]2O)nn2c(NCc3cccc(-c4ccccc4C(N)=O)c3)ccnc12. The van der Waals surface area contributed by atoms with Crippen LogP contribution in [-0.4, -0.2) is 51.4 Å². The molecule has 1 aliphatic heterocycles. The van der Waals surface area contributed by atoms with Gasteiger partial charge in [-0.3, -0.25) is 4.79 Å². The Morgan fingerprint density at radius 2 is 2.03 bits per heavy atom. The van der Waals surface area contributed by atoms with Gasteiger partial charge in [0.2, 0.25) is 5.91 Å². The van der Waals surface area contributed by atoms with E-state index >= 15 is 0 Å². The molecule has 0 spiro atoms. The van der Waals surface area contributed by atoms with Gasteiger partial charge in [-0.2, -0.15) is 4.52 Å². The van der Waals surface area contributed by atoms with Crippen LogP contribution in [0.2, 0.25) is 0 Å². The summed E-state index contributed by atoms with van der Waals surface area (Å²) in [6.45, 7) is 7.04. The van der Waals surface area contributed by atoms with Crippen LogP contribution in [0.3, 0.4) is 0 Å². The van der Waals surface area contributed by atoms with E-state index in [4.69, 9.17) is 10.8 Å². The number of aliphatic hydroxyl groups excluding tert-OH is 1. The first kappa shape index (κ1) is 25.7. The Kier molecular flexibility index (Phi) is 7.57. The molecule has 1 amide bonds. The number of nitrogens with two attached hydrogens (primary N) is 1. The number of rotatable bonds is 9. The minimum absolute atomic E-state index is 0.179. The summed E-state index contributed by atoms with van der Waals surface area (Å²) in [5, 5.41) is 25.5. The molecule has 1 aliphatic rings. The molecule has 2 aromatic carbocycles. The second-order valence-corrected chi connectivity index (χ2v) is 10.1. The highest BCUT2D eigenvalue weighted by molar-refractivity contribution is 5.99. The summed E-state index contributed by atoms with van der Waals surface area (Å²) in [6.07, 6.45) is 2.36. The average Bonchev–Trinajstić information content (AvgIpc) is 3.31. The monoisotopic (exact) mass is 513 g/mol. The number of carbonyl (C=O) groups is 1. The van der Waals surface area contributed by atoms with Gasteiger partial charge in [0, 0.05) is 42.9 Å². The van der Waals surface area contributed by atoms with Crippen LogP contribution < -0.4 is 21.7 Å². The topological polar surface area (TPSA) is 130 Å². The van der Waals surface area contributed by atoms with E-state index in [0.717, 1.165) is 52.5 Å². The van der Waals surface area contributed by atoms with Crippen LogP contribution in [0.1, 0.15) is 47.7 Å². The van der Waals surface area contributed by atoms with Crippen molar-refractivity contribution in [2.75, 3.05) is 30.3 Å². The van der Waals surface area contributed by atoms with Gasteiger partial charge in [0.05, 0.1) is 6.10 Å². The molecule has 0 radical (unpaired) electrons. The van der Waals surface area contributed by atoms with Crippen molar-refractivity contribution in [2.24, 2.45) is 11.7 Å². The summed E-state index contributed by atoms with van der Waals surface area (Å²) in [5.41, 5.74) is 10.8. The largest absolute Gasteiger partial charge is 0.391 e. The standard InChI is InChI=1S/C29H35N7O2/c1-18(2)26-28(34-16-21-10-12-31-17-24(21)37)35-36-25(11-13-32-29(26)36)33-15-19-6-5-7-20(14-19)22-8-3-4-9-23(22)27(30)38/h3-9,11,13-14,18,21,24,31,33,37H,10,12,15-17H2,1-2H3,(H2,30,38)(H,34,35)/t21-,24+/m1/s1. The van der Waals surface area contributed by atoms with Gasteiger partial charge < -0.3 is 26.8 Å². The number of nitrogens with one attached hydrogen (secondary N) is 3. The third kappa shape index (κ3) is 5.34. The molecule has 38 heavy (non-hydrogen) atoms. The number of aliphatic hydroxyl groups is 1. The van der Waals surface area contributed by atoms with E-state index in [1.165, 1.54) is 0 Å². The quantitative estimate of drug-likeness (QED) is 0.231. The molecule has 9 nitrogen and oxygen atoms in total. The van der Waals surface area contributed by atoms with E-state index in [1.807, 2.05) is 47.0 Å². The van der Waals surface area contributed by atoms with Crippen molar-refractivity contribution < 1.29 is 9.90 Å². The first-order valence-electron chi connectivity index (χ1n) is 13.1. The predicted molar refractivity (Wildman–Crippen MR) is 150 cm³/mol. The lowest BCUT2D eigenvalue weighted by Gasteiger charge is -2.28. The second kappa shape index (κ2) is 11.2. The van der Waals surface area contributed by atoms with Gasteiger partial charge in [0.25, 0.3) is 0 Å². The number of anilines is 2. The van der Waals surface area contributed by atoms with E-state index in [1.54, 1.807) is 12.3 Å². The first-order chi connectivity index (χ1) is 18.4. The van der Waals surface area contributed by atoms with E-state index in [-0.39, 0.29) is 17.9 Å². The number of carbonyl (C=O) groups excluding carboxylic acids is 1. The zero-order valence-electron chi connectivity index (χ0n) is 21.8. The third-order valence-electron chi connectivity index (χ3n) is 7.16. The molecule has 3 heterocycles. The van der Waals surface area contributed by atoms with Gasteiger partial charge in [-0.05, 0) is 53.8 Å². The zero-order chi connectivity index (χ0) is 26.6. The Morgan fingerprint density at radius 1 is 1.18 bits per heavy atom. The lowest BCUT2D eigenvalue weighted by atomic mass is 9.95. The fourth-order valence-corrected chi connectivity index (χ4v) is 5.11. The number of nitrogens with zero attached hydrogens (tertiary/aromatic N) is 3. The van der Waals surface area contributed by atoms with E-state index in [9.17, 15) is 9.90 Å². The zero-order valence-corrected chi connectivity index (χ0v) is 21.8. The van der Waals surface area contributed by atoms with Crippen LogP contribution in [0.25, 0.3) is 16.8 Å². The van der Waals surface area contributed by atoms with Crippen molar-refractivity contribution in [1.82, 2.24) is 19.9 Å². The molecule has 6 N–H and O–H groups in total. The highest BCUT2D eigenvalue weighted by Crippen LogP contribution is 2.30. The summed E-state index contributed by atoms with van der Waals surface area (Å²) in [6, 6.07) is 17.4. The second-order valence-electron chi connectivity index (χ2n) is 10.1. The van der Waals surface area contributed by atoms with Crippen LogP contribution in [0, 0.1) is 5.92 Å². The summed E-state index contributed by atoms with van der Waals surface area (Å²) < 4.78 is 1.85. The van der Waals surface area contributed by atoms with Crippen LogP contribution in [0.4, 0.5) is 11.6 Å². The summed E-state index contributed by atoms with van der Waals surface area (Å²) >= 11 is 0. The van der Waals surface area contributed by atoms with Crippen LogP contribution >= 0.6 is 0 Å². The minimum Gasteiger partial charge on any atom is -0.391 e. The van der Waals surface area contributed by atoms with E-state index < -0.39 is 5.91 Å². The van der Waals surface area contributed by atoms with Gasteiger partial charge in [0.1, 0.15) is 5.82 Å². The summed E-state index contributed by atoms with van der Waals surface area (Å²) in [4.78, 5) is 16.6. The van der Waals surface area contributed by atoms with Crippen molar-refractivity contribution in [3.05, 3.63) is 77.5 Å². The van der Waals surface area contributed by atoms with Crippen LogP contribution in [0.15, 0.2) is 60.8 Å². The summed E-state index contributed by atoms with van der Waals surface area (Å²) in [5.74, 6) is 1.59. The number of amides is 1. The normalized spacial score (nSPS) is 17.6. The van der Waals surface area contributed by atoms with E-state index in [0.29, 0.717) is 25.2 Å². The van der Waals surface area contributed by atoms with Gasteiger partial charge in [-0.15, -0.1) is 5.10 Å². The minimum atomic E-state index is -0.443. The van der Waals surface area contributed by atoms with Gasteiger partial charge in [-0.25, -0.2) is 4.98 Å². The molecule has 198 valence electrons. The van der Waals surface area contributed by atoms with Gasteiger partial charge in [0.15, 0.2) is 11.5 Å². The Morgan fingerprint density at radius 3 is 2.82 bits per heavy atom. The Bertz CT molecular complexity index is 1430. The molecular formula is C29H35N7O2. The number of hydrogen-bond acceptors (Lipinski definition) is 7. The fourth-order valence-electron chi connectivity index (χ4n) is 5.11. The molecule has 2 aromatic heterocycles. The van der Waals surface area contributed by atoms with Crippen molar-refractivity contribution in [2.45, 2.75) is 38.8 Å². The molecule has 4 aromatic rings. The fraction of sp³-hybridized carbons (Fsp3) is 0.345. The molecule has 5 rings (SSSR count). The maximum atomic E-state index is 11.9. The molecule has 2 atom stereocenters. The third-order valence-corrected chi connectivity index (χ3v) is 7.16. The molecule has 0 bridgehead atoms. The van der Waals surface area contributed by atoms with Gasteiger partial charge in [-0.1, -0.05) is 50.2 Å². The number of hydrogen-bond donors (Lipinski definition) is 5.